The van der Waals surface area contributed by atoms with Gasteiger partial charge in [-0.1, -0.05) is 6.08 Å². The summed E-state index contributed by atoms with van der Waals surface area (Å²) in [5.41, 5.74) is 0.691. The molecule has 2 aliphatic heterocycles. The van der Waals surface area contributed by atoms with Crippen LogP contribution in [0.25, 0.3) is 11.0 Å². The van der Waals surface area contributed by atoms with Crippen molar-refractivity contribution in [1.82, 2.24) is 14.9 Å². The highest BCUT2D eigenvalue weighted by Crippen LogP contribution is 2.37. The molecule has 3 aliphatic rings. The molecule has 2 N–H and O–H groups in total. The van der Waals surface area contributed by atoms with Crippen LogP contribution in [0.15, 0.2) is 28.6 Å². The van der Waals surface area contributed by atoms with Crippen LogP contribution in [0.1, 0.15) is 35.7 Å². The van der Waals surface area contributed by atoms with Crippen molar-refractivity contribution in [3.8, 4) is 0 Å². The van der Waals surface area contributed by atoms with Crippen molar-refractivity contribution in [3.63, 3.8) is 0 Å². The lowest BCUT2D eigenvalue weighted by atomic mass is 10.1. The van der Waals surface area contributed by atoms with E-state index in [0.29, 0.717) is 24.1 Å². The third-order valence-electron chi connectivity index (χ3n) is 5.55. The van der Waals surface area contributed by atoms with Gasteiger partial charge in [0.05, 0.1) is 0 Å². The Morgan fingerprint density at radius 1 is 1.33 bits per heavy atom. The number of aromatic nitrogens is 2. The van der Waals surface area contributed by atoms with E-state index in [1.165, 1.54) is 22.3 Å². The maximum Gasteiger partial charge on any atom is 0.341 e. The second-order valence-corrected chi connectivity index (χ2v) is 7.43. The number of rotatable bonds is 3. The number of nitrogens with zero attached hydrogens (tertiary/aromatic N) is 3. The predicted molar refractivity (Wildman–Crippen MR) is 97.9 cm³/mol. The zero-order valence-electron chi connectivity index (χ0n) is 14.6. The molecule has 0 aromatic carbocycles. The van der Waals surface area contributed by atoms with Crippen LogP contribution in [0.4, 0.5) is 10.2 Å². The molecule has 5 rings (SSSR count). The number of carbonyl (C=O) groups is 1. The highest BCUT2D eigenvalue weighted by atomic mass is 19.1. The quantitative estimate of drug-likeness (QED) is 0.800. The molecule has 1 atom stereocenters. The first-order valence-electron chi connectivity index (χ1n) is 9.19. The van der Waals surface area contributed by atoms with E-state index in [-0.39, 0.29) is 23.5 Å². The third kappa shape index (κ3) is 2.63. The van der Waals surface area contributed by atoms with Crippen LogP contribution < -0.4 is 15.8 Å². The third-order valence-corrected chi connectivity index (χ3v) is 5.55. The fourth-order valence-corrected chi connectivity index (χ4v) is 4.08. The SMILES string of the molecule is O=C(O)c1cc2cc(F)c(N3CC4=CCCNC4C3)nc2n(C2CC2)c1=O. The van der Waals surface area contributed by atoms with Crippen LogP contribution in [0.3, 0.4) is 0 Å². The van der Waals surface area contributed by atoms with E-state index in [1.807, 2.05) is 4.90 Å². The minimum atomic E-state index is -1.30. The zero-order chi connectivity index (χ0) is 18.7. The first kappa shape index (κ1) is 16.4. The van der Waals surface area contributed by atoms with Gasteiger partial charge in [-0.15, -0.1) is 0 Å². The Bertz CT molecular complexity index is 1060. The maximum atomic E-state index is 14.9. The molecule has 8 heteroatoms. The van der Waals surface area contributed by atoms with Crippen LogP contribution in [-0.4, -0.2) is 46.3 Å². The maximum absolute atomic E-state index is 14.9. The lowest BCUT2D eigenvalue weighted by Gasteiger charge is -2.20. The lowest BCUT2D eigenvalue weighted by Crippen LogP contribution is -2.36. The number of pyridine rings is 2. The molecule has 27 heavy (non-hydrogen) atoms. The Balaban J connectivity index is 1.66. The first-order chi connectivity index (χ1) is 13.0. The minimum Gasteiger partial charge on any atom is -0.477 e. The highest BCUT2D eigenvalue weighted by molar-refractivity contribution is 5.92. The Morgan fingerprint density at radius 3 is 2.85 bits per heavy atom. The molecular weight excluding hydrogens is 351 g/mol. The number of hydrogen-bond donors (Lipinski definition) is 2. The van der Waals surface area contributed by atoms with Crippen molar-refractivity contribution in [1.29, 1.82) is 0 Å². The summed E-state index contributed by atoms with van der Waals surface area (Å²) in [6.07, 6.45) is 4.76. The molecule has 2 aromatic rings. The molecule has 0 bridgehead atoms. The summed E-state index contributed by atoms with van der Waals surface area (Å²) < 4.78 is 16.3. The summed E-state index contributed by atoms with van der Waals surface area (Å²) in [7, 11) is 0. The first-order valence-corrected chi connectivity index (χ1v) is 9.19. The van der Waals surface area contributed by atoms with Gasteiger partial charge < -0.3 is 15.3 Å². The Labute approximate surface area is 154 Å². The smallest absolute Gasteiger partial charge is 0.341 e. The summed E-state index contributed by atoms with van der Waals surface area (Å²) >= 11 is 0. The Kier molecular flexibility index (Phi) is 3.58. The molecule has 140 valence electrons. The zero-order valence-corrected chi connectivity index (χ0v) is 14.6. The van der Waals surface area contributed by atoms with E-state index in [4.69, 9.17) is 0 Å². The van der Waals surface area contributed by atoms with Gasteiger partial charge in [0.2, 0.25) is 0 Å². The summed E-state index contributed by atoms with van der Waals surface area (Å²) in [4.78, 5) is 30.4. The number of carboxylic acids is 1. The summed E-state index contributed by atoms with van der Waals surface area (Å²) in [6.45, 7) is 2.14. The lowest BCUT2D eigenvalue weighted by molar-refractivity contribution is 0.0694. The summed E-state index contributed by atoms with van der Waals surface area (Å²) in [6, 6.07) is 2.67. The van der Waals surface area contributed by atoms with Gasteiger partial charge in [-0.05, 0) is 43.5 Å². The topological polar surface area (TPSA) is 87.5 Å². The van der Waals surface area contributed by atoms with Crippen LogP contribution in [0.2, 0.25) is 0 Å². The molecule has 2 fully saturated rings. The number of anilines is 1. The van der Waals surface area contributed by atoms with Crippen LogP contribution in [-0.2, 0) is 0 Å². The molecule has 0 spiro atoms. The van der Waals surface area contributed by atoms with Gasteiger partial charge >= 0.3 is 5.97 Å². The molecule has 2 aromatic heterocycles. The van der Waals surface area contributed by atoms with Gasteiger partial charge in [-0.2, -0.15) is 0 Å². The number of nitrogens with one attached hydrogen (secondary N) is 1. The fourth-order valence-electron chi connectivity index (χ4n) is 4.08. The van der Waals surface area contributed by atoms with Crippen LogP contribution in [0.5, 0.6) is 0 Å². The second kappa shape index (κ2) is 5.88. The number of carboxylic acid groups (broad SMARTS) is 1. The van der Waals surface area contributed by atoms with Crippen molar-refractivity contribution in [2.75, 3.05) is 24.5 Å². The molecule has 1 saturated carbocycles. The van der Waals surface area contributed by atoms with Gasteiger partial charge in [0.1, 0.15) is 11.2 Å². The average Bonchev–Trinajstić information content (AvgIpc) is 3.38. The van der Waals surface area contributed by atoms with Crippen LogP contribution in [0, 0.1) is 5.82 Å². The van der Waals surface area contributed by atoms with Crippen molar-refractivity contribution >= 4 is 22.8 Å². The second-order valence-electron chi connectivity index (χ2n) is 7.43. The molecule has 1 saturated heterocycles. The van der Waals surface area contributed by atoms with Gasteiger partial charge in [-0.3, -0.25) is 9.36 Å². The predicted octanol–water partition coefficient (Wildman–Crippen LogP) is 1.68. The Morgan fingerprint density at radius 2 is 2.15 bits per heavy atom. The van der Waals surface area contributed by atoms with E-state index in [9.17, 15) is 19.1 Å². The van der Waals surface area contributed by atoms with E-state index in [1.54, 1.807) is 0 Å². The largest absolute Gasteiger partial charge is 0.477 e. The molecular formula is C19H19FN4O3. The molecule has 1 unspecified atom stereocenters. The minimum absolute atomic E-state index is 0.0596. The highest BCUT2D eigenvalue weighted by Gasteiger charge is 2.33. The number of hydrogen-bond acceptors (Lipinski definition) is 5. The fraction of sp³-hybridized carbons (Fsp3) is 0.421. The van der Waals surface area contributed by atoms with E-state index >= 15 is 0 Å². The van der Waals surface area contributed by atoms with Gasteiger partial charge in [0.25, 0.3) is 5.56 Å². The van der Waals surface area contributed by atoms with Gasteiger partial charge in [0, 0.05) is 30.6 Å². The van der Waals surface area contributed by atoms with Gasteiger partial charge in [-0.25, -0.2) is 14.2 Å². The van der Waals surface area contributed by atoms with Crippen molar-refractivity contribution in [3.05, 3.63) is 45.5 Å². The van der Waals surface area contributed by atoms with Crippen molar-refractivity contribution < 1.29 is 14.3 Å². The summed E-state index contributed by atoms with van der Waals surface area (Å²) in [5.74, 6) is -1.59. The molecule has 4 heterocycles. The number of halogens is 1. The molecule has 1 aliphatic carbocycles. The monoisotopic (exact) mass is 370 g/mol. The van der Waals surface area contributed by atoms with E-state index < -0.39 is 17.3 Å². The average molecular weight is 370 g/mol. The van der Waals surface area contributed by atoms with Crippen LogP contribution >= 0.6 is 0 Å². The van der Waals surface area contributed by atoms with Crippen molar-refractivity contribution in [2.45, 2.75) is 31.3 Å². The molecule has 7 nitrogen and oxygen atoms in total. The Hall–Kier alpha value is -2.74. The normalized spacial score (nSPS) is 22.0. The van der Waals surface area contributed by atoms with Crippen molar-refractivity contribution in [2.24, 2.45) is 0 Å². The van der Waals surface area contributed by atoms with E-state index in [2.05, 4.69) is 16.4 Å². The molecule has 0 amide bonds. The number of aromatic carboxylic acids is 1. The molecule has 0 radical (unpaired) electrons. The number of fused-ring (bicyclic) bond motifs is 2. The van der Waals surface area contributed by atoms with Gasteiger partial charge in [0.15, 0.2) is 11.6 Å². The van der Waals surface area contributed by atoms with E-state index in [0.717, 1.165) is 25.8 Å². The standard InChI is InChI=1S/C19H19FN4O3/c20-14-7-11-6-13(19(26)27)18(25)24(12-3-4-12)16(11)22-17(14)23-8-10-2-1-5-21-15(10)9-23/h2,6-7,12,15,21H,1,3-5,8-9H2,(H,26,27). The summed E-state index contributed by atoms with van der Waals surface area (Å²) in [5, 5.41) is 13.1.